The number of aromatic amines is 2. The molecule has 58 heavy (non-hydrogen) atoms. The van der Waals surface area contributed by atoms with Crippen LogP contribution in [-0.2, 0) is 0 Å². The molecule has 16 heteroatoms. The number of benzene rings is 2. The number of hydrogen-bond donors (Lipinski definition) is 2. The van der Waals surface area contributed by atoms with Gasteiger partial charge in [0.1, 0.15) is 0 Å². The first-order chi connectivity index (χ1) is 27.9. The Labute approximate surface area is 318 Å². The number of fused-ring (bicyclic) bond motifs is 8. The fraction of sp³-hybridized carbons (Fsp3) is 0. The lowest BCUT2D eigenvalue weighted by molar-refractivity contribution is 0.381. The van der Waals surface area contributed by atoms with Crippen LogP contribution in [0.5, 0.6) is 0 Å². The summed E-state index contributed by atoms with van der Waals surface area (Å²) in [5.41, 5.74) is -2.96. The van der Waals surface area contributed by atoms with E-state index in [0.29, 0.717) is 33.3 Å². The maximum absolute atomic E-state index is 15.7. The van der Waals surface area contributed by atoms with Gasteiger partial charge in [0.2, 0.25) is 11.6 Å². The molecule has 9 rings (SSSR count). The average molecular weight is 797 g/mol. The van der Waals surface area contributed by atoms with Gasteiger partial charge in [-0.2, -0.15) is 0 Å². The van der Waals surface area contributed by atoms with Crippen LogP contribution < -0.4 is 0 Å². The molecule has 0 amide bonds. The van der Waals surface area contributed by atoms with Crippen molar-refractivity contribution in [3.63, 3.8) is 0 Å². The first-order valence-corrected chi connectivity index (χ1v) is 16.9. The van der Waals surface area contributed by atoms with E-state index < -0.39 is 91.5 Å². The molecule has 2 N–H and O–H groups in total. The van der Waals surface area contributed by atoms with E-state index in [1.165, 1.54) is 49.1 Å². The Hall–Kier alpha value is -7.36. The van der Waals surface area contributed by atoms with Gasteiger partial charge in [-0.05, 0) is 60.7 Å². The minimum Gasteiger partial charge on any atom is -0.354 e. The highest BCUT2D eigenvalue weighted by molar-refractivity contribution is 6.00. The number of H-pyrrole nitrogens is 2. The number of nitrogens with zero attached hydrogens (tertiary/aromatic N) is 4. The first kappa shape index (κ1) is 36.3. The molecule has 2 aliphatic rings. The van der Waals surface area contributed by atoms with Crippen molar-refractivity contribution in [1.82, 2.24) is 29.9 Å². The molecular weight excluding hydrogens is 778 g/mol. The van der Waals surface area contributed by atoms with E-state index in [0.717, 1.165) is 12.1 Å². The molecule has 0 aliphatic carbocycles. The summed E-state index contributed by atoms with van der Waals surface area (Å²) in [6.45, 7) is 0. The largest absolute Gasteiger partial charge is 0.354 e. The fourth-order valence-corrected chi connectivity index (χ4v) is 7.01. The van der Waals surface area contributed by atoms with Gasteiger partial charge in [-0.25, -0.2) is 53.9 Å². The number of hydrogen-bond acceptors (Lipinski definition) is 4. The van der Waals surface area contributed by atoms with Crippen molar-refractivity contribution in [2.75, 3.05) is 0 Å². The summed E-state index contributed by atoms with van der Waals surface area (Å²) in [6.07, 6.45) is 11.4. The van der Waals surface area contributed by atoms with Gasteiger partial charge < -0.3 is 9.97 Å². The van der Waals surface area contributed by atoms with Crippen molar-refractivity contribution in [1.29, 1.82) is 0 Å². The fourth-order valence-electron chi connectivity index (χ4n) is 7.01. The molecule has 0 saturated heterocycles. The highest BCUT2D eigenvalue weighted by atomic mass is 19.2. The van der Waals surface area contributed by atoms with Crippen molar-refractivity contribution < 1.29 is 43.9 Å². The van der Waals surface area contributed by atoms with E-state index >= 15 is 17.6 Å². The minimum absolute atomic E-state index is 0.141. The number of nitrogens with one attached hydrogen (secondary N) is 2. The van der Waals surface area contributed by atoms with E-state index in [1.54, 1.807) is 36.4 Å². The molecule has 2 aliphatic heterocycles. The molecule has 0 radical (unpaired) electrons. The second kappa shape index (κ2) is 13.7. The van der Waals surface area contributed by atoms with Gasteiger partial charge in [-0.1, -0.05) is 12.1 Å². The number of rotatable bonds is 4. The van der Waals surface area contributed by atoms with Crippen molar-refractivity contribution in [3.05, 3.63) is 154 Å². The van der Waals surface area contributed by atoms with Gasteiger partial charge in [-0.3, -0.25) is 9.97 Å². The summed E-state index contributed by atoms with van der Waals surface area (Å²) in [4.78, 5) is 23.6. The number of halogens is 10. The number of aromatic nitrogens is 6. The Morgan fingerprint density at radius 1 is 0.328 bits per heavy atom. The lowest BCUT2D eigenvalue weighted by Crippen LogP contribution is -2.05. The lowest BCUT2D eigenvalue weighted by atomic mass is 10.0. The standard InChI is InChI=1S/C42H18F10N6/c43-33-31(34(44)38(48)41(51)37(33)47)29-23-9-7-21(56-23)27(17-3-1-13-53-15-17)19-5-6-20(55-19)28(18-4-2-14-54-16-18)22-8-10-24(57-22)30(26-12-11-25(29)58-26)32-35(45)39(49)42(52)40(50)36(32)46/h1-16,55,58H. The van der Waals surface area contributed by atoms with Gasteiger partial charge in [0.15, 0.2) is 46.5 Å². The smallest absolute Gasteiger partial charge is 0.200 e. The third-order valence-electron chi connectivity index (χ3n) is 9.57. The molecule has 0 atom stereocenters. The highest BCUT2D eigenvalue weighted by Gasteiger charge is 2.32. The maximum atomic E-state index is 15.7. The SMILES string of the molecule is Fc1c(F)c(F)c(-c2c3nc(c(-c4cccnc4)c4ccc([nH]4)c(-c4cccnc4)c4nc(c(-c5c(F)c(F)c(F)c(F)c5F)c5ccc2[nH]5)C=C4)C=C3)c(F)c1F. The zero-order chi connectivity index (χ0) is 40.6. The van der Waals surface area contributed by atoms with Crippen molar-refractivity contribution >= 4 is 46.4 Å². The normalized spacial score (nSPS) is 12.2. The Morgan fingerprint density at radius 2 is 0.621 bits per heavy atom. The van der Waals surface area contributed by atoms with Crippen LogP contribution in [0.4, 0.5) is 43.9 Å². The van der Waals surface area contributed by atoms with Crippen LogP contribution in [0.15, 0.2) is 73.3 Å². The van der Waals surface area contributed by atoms with Crippen LogP contribution in [0, 0.1) is 58.2 Å². The molecule has 5 aromatic heterocycles. The van der Waals surface area contributed by atoms with Crippen LogP contribution in [-0.4, -0.2) is 29.9 Å². The average Bonchev–Trinajstić information content (AvgIpc) is 4.09. The molecule has 0 saturated carbocycles. The van der Waals surface area contributed by atoms with Crippen LogP contribution in [0.25, 0.3) is 90.9 Å². The monoisotopic (exact) mass is 796 g/mol. The van der Waals surface area contributed by atoms with Crippen LogP contribution in [0.2, 0.25) is 0 Å². The summed E-state index contributed by atoms with van der Waals surface area (Å²) in [7, 11) is 0. The third kappa shape index (κ3) is 5.58. The molecule has 7 aromatic rings. The van der Waals surface area contributed by atoms with E-state index in [9.17, 15) is 26.3 Å². The minimum atomic E-state index is -2.44. The Balaban J connectivity index is 1.54. The Bertz CT molecular complexity index is 2860. The van der Waals surface area contributed by atoms with Crippen LogP contribution >= 0.6 is 0 Å². The molecule has 286 valence electrons. The predicted octanol–water partition coefficient (Wildman–Crippen LogP) is 11.5. The molecule has 2 aromatic carbocycles. The molecule has 0 unspecified atom stereocenters. The molecule has 0 spiro atoms. The van der Waals surface area contributed by atoms with Gasteiger partial charge in [0, 0.05) is 80.2 Å². The van der Waals surface area contributed by atoms with Crippen LogP contribution in [0.1, 0.15) is 22.8 Å². The molecule has 7 heterocycles. The molecule has 6 nitrogen and oxygen atoms in total. The van der Waals surface area contributed by atoms with Crippen molar-refractivity contribution in [3.8, 4) is 44.5 Å². The third-order valence-corrected chi connectivity index (χ3v) is 9.57. The zero-order valence-electron chi connectivity index (χ0n) is 28.8. The van der Waals surface area contributed by atoms with Gasteiger partial charge in [0.05, 0.1) is 33.9 Å². The summed E-state index contributed by atoms with van der Waals surface area (Å²) < 4.78 is 151. The van der Waals surface area contributed by atoms with E-state index in [2.05, 4.69) is 29.9 Å². The quantitative estimate of drug-likeness (QED) is 0.106. The molecule has 8 bridgehead atoms. The van der Waals surface area contributed by atoms with Gasteiger partial charge >= 0.3 is 0 Å². The summed E-state index contributed by atoms with van der Waals surface area (Å²) in [5.74, 6) is -23.0. The topological polar surface area (TPSA) is 83.1 Å². The van der Waals surface area contributed by atoms with E-state index in [1.807, 2.05) is 0 Å². The maximum Gasteiger partial charge on any atom is 0.200 e. The first-order valence-electron chi connectivity index (χ1n) is 16.9. The highest BCUT2D eigenvalue weighted by Crippen LogP contribution is 2.42. The van der Waals surface area contributed by atoms with Crippen molar-refractivity contribution in [2.45, 2.75) is 0 Å². The summed E-state index contributed by atoms with van der Waals surface area (Å²) in [5, 5.41) is 0. The van der Waals surface area contributed by atoms with E-state index in [-0.39, 0.29) is 22.8 Å². The second-order valence-corrected chi connectivity index (χ2v) is 12.9. The van der Waals surface area contributed by atoms with Crippen LogP contribution in [0.3, 0.4) is 0 Å². The van der Waals surface area contributed by atoms with Gasteiger partial charge in [-0.15, -0.1) is 0 Å². The molecule has 0 fully saturated rings. The van der Waals surface area contributed by atoms with Gasteiger partial charge in [0.25, 0.3) is 0 Å². The molecular formula is C42H18F10N6. The Kier molecular flexibility index (Phi) is 8.56. The summed E-state index contributed by atoms with van der Waals surface area (Å²) >= 11 is 0. The summed E-state index contributed by atoms with van der Waals surface area (Å²) in [6, 6.07) is 12.1. The number of pyridine rings is 2. The predicted molar refractivity (Wildman–Crippen MR) is 196 cm³/mol. The lowest BCUT2D eigenvalue weighted by Gasteiger charge is -2.11. The second-order valence-electron chi connectivity index (χ2n) is 12.9. The Morgan fingerprint density at radius 3 is 0.931 bits per heavy atom. The zero-order valence-corrected chi connectivity index (χ0v) is 28.8. The van der Waals surface area contributed by atoms with E-state index in [4.69, 9.17) is 0 Å². The van der Waals surface area contributed by atoms with Crippen molar-refractivity contribution in [2.24, 2.45) is 0 Å².